The van der Waals surface area contributed by atoms with E-state index in [0.717, 1.165) is 11.9 Å². The van der Waals surface area contributed by atoms with Gasteiger partial charge in [-0.3, -0.25) is 4.72 Å². The van der Waals surface area contributed by atoms with E-state index in [1.807, 2.05) is 5.40 Å². The van der Waals surface area contributed by atoms with Crippen LogP contribution in [-0.2, 0) is 0 Å². The Morgan fingerprint density at radius 2 is 2.57 bits per heavy atom. The topological polar surface area (TPSA) is 61.8 Å². The molecule has 0 saturated heterocycles. The van der Waals surface area contributed by atoms with E-state index >= 15 is 0 Å². The van der Waals surface area contributed by atoms with Crippen LogP contribution in [0.25, 0.3) is 0 Å². The summed E-state index contributed by atoms with van der Waals surface area (Å²) in [5, 5.41) is 9.76. The zero-order valence-corrected chi connectivity index (χ0v) is 4.66. The molecule has 3 N–H and O–H groups in total. The Labute approximate surface area is 47.0 Å². The van der Waals surface area contributed by atoms with Gasteiger partial charge in [0.25, 0.3) is 0 Å². The molecule has 40 valence electrons. The van der Waals surface area contributed by atoms with Gasteiger partial charge in [0.05, 0.1) is 0 Å². The lowest BCUT2D eigenvalue weighted by atomic mass is 10.7. The molecule has 0 rings (SSSR count). The molecule has 0 unspecified atom stereocenters. The van der Waals surface area contributed by atoms with E-state index < -0.39 is 0 Å². The summed E-state index contributed by atoms with van der Waals surface area (Å²) in [6.45, 7) is 1.27. The van der Waals surface area contributed by atoms with Crippen molar-refractivity contribution in [1.29, 1.82) is 5.26 Å². The first kappa shape index (κ1) is 6.76. The molecule has 0 aromatic heterocycles. The van der Waals surface area contributed by atoms with Crippen LogP contribution < -0.4 is 10.5 Å². The van der Waals surface area contributed by atoms with Crippen molar-refractivity contribution >= 4 is 11.9 Å². The summed E-state index contributed by atoms with van der Waals surface area (Å²) in [5.41, 5.74) is 5.08. The third kappa shape index (κ3) is 5.76. The largest absolute Gasteiger partial charge is 0.329 e. The maximum Gasteiger partial charge on any atom is 0.149 e. The van der Waals surface area contributed by atoms with Crippen LogP contribution in [0.5, 0.6) is 0 Å². The van der Waals surface area contributed by atoms with Gasteiger partial charge in [-0.15, -0.1) is 0 Å². The van der Waals surface area contributed by atoms with E-state index in [1.165, 1.54) is 0 Å². The first-order valence-corrected chi connectivity index (χ1v) is 2.71. The average Bonchev–Trinajstić information content (AvgIpc) is 1.69. The van der Waals surface area contributed by atoms with Crippen LogP contribution in [0.2, 0.25) is 0 Å². The van der Waals surface area contributed by atoms with E-state index in [0.29, 0.717) is 13.1 Å². The van der Waals surface area contributed by atoms with Crippen molar-refractivity contribution in [3.8, 4) is 5.40 Å². The molecule has 0 aliphatic carbocycles. The van der Waals surface area contributed by atoms with Crippen LogP contribution >= 0.6 is 11.9 Å². The van der Waals surface area contributed by atoms with Gasteiger partial charge in [-0.05, 0) is 0 Å². The molecule has 0 radical (unpaired) electrons. The van der Waals surface area contributed by atoms with Gasteiger partial charge in [0.2, 0.25) is 0 Å². The summed E-state index contributed by atoms with van der Waals surface area (Å²) >= 11 is 1.01. The van der Waals surface area contributed by atoms with Crippen molar-refractivity contribution in [1.82, 2.24) is 4.72 Å². The first-order valence-electron chi connectivity index (χ1n) is 1.89. The van der Waals surface area contributed by atoms with Gasteiger partial charge in [-0.1, -0.05) is 0 Å². The Morgan fingerprint density at radius 1 is 1.86 bits per heavy atom. The second-order valence-corrected chi connectivity index (χ2v) is 1.55. The Hall–Kier alpha value is -0.240. The Kier molecular flexibility index (Phi) is 5.56. The predicted molar refractivity (Wildman–Crippen MR) is 30.3 cm³/mol. The van der Waals surface area contributed by atoms with E-state index in [9.17, 15) is 0 Å². The number of rotatable bonds is 3. The highest BCUT2D eigenvalue weighted by molar-refractivity contribution is 8.01. The molecule has 7 heavy (non-hydrogen) atoms. The van der Waals surface area contributed by atoms with Crippen LogP contribution in [0.3, 0.4) is 0 Å². The highest BCUT2D eigenvalue weighted by Gasteiger charge is 1.76. The number of thiocyanates is 1. The summed E-state index contributed by atoms with van der Waals surface area (Å²) in [6, 6.07) is 0. The van der Waals surface area contributed by atoms with E-state index in [4.69, 9.17) is 11.0 Å². The highest BCUT2D eigenvalue weighted by Crippen LogP contribution is 1.82. The summed E-state index contributed by atoms with van der Waals surface area (Å²) in [4.78, 5) is 0. The Morgan fingerprint density at radius 3 is 3.00 bits per heavy atom. The SMILES string of the molecule is N#CSNCCN. The normalized spacial score (nSPS) is 8.00. The first-order chi connectivity index (χ1) is 3.41. The van der Waals surface area contributed by atoms with Gasteiger partial charge in [0.15, 0.2) is 0 Å². The number of nitrogens with zero attached hydrogens (tertiary/aromatic N) is 1. The number of nitrogens with one attached hydrogen (secondary N) is 1. The maximum atomic E-state index is 7.90. The summed E-state index contributed by atoms with van der Waals surface area (Å²) in [5.74, 6) is 0. The molecule has 0 aliphatic rings. The van der Waals surface area contributed by atoms with Crippen molar-refractivity contribution in [3.05, 3.63) is 0 Å². The Bertz CT molecular complexity index is 67.1. The van der Waals surface area contributed by atoms with Crippen molar-refractivity contribution in [2.75, 3.05) is 13.1 Å². The van der Waals surface area contributed by atoms with Gasteiger partial charge in [-0.25, -0.2) is 0 Å². The molecule has 0 atom stereocenters. The molecule has 0 fully saturated rings. The third-order valence-corrected chi connectivity index (χ3v) is 0.804. The molecule has 0 bridgehead atoms. The van der Waals surface area contributed by atoms with Crippen LogP contribution in [0, 0.1) is 10.7 Å². The fraction of sp³-hybridized carbons (Fsp3) is 0.667. The second-order valence-electron chi connectivity index (χ2n) is 0.876. The van der Waals surface area contributed by atoms with Crippen LogP contribution in [0.4, 0.5) is 0 Å². The second kappa shape index (κ2) is 5.76. The fourth-order valence-electron chi connectivity index (χ4n) is 0.142. The van der Waals surface area contributed by atoms with Crippen LogP contribution in [0.1, 0.15) is 0 Å². The number of hydrogen-bond acceptors (Lipinski definition) is 4. The predicted octanol–water partition coefficient (Wildman–Crippen LogP) is -0.336. The lowest BCUT2D eigenvalue weighted by Crippen LogP contribution is -2.15. The molecule has 0 aromatic rings. The quantitative estimate of drug-likeness (QED) is 0.302. The van der Waals surface area contributed by atoms with Gasteiger partial charge >= 0.3 is 0 Å². The van der Waals surface area contributed by atoms with Crippen molar-refractivity contribution in [2.45, 2.75) is 0 Å². The zero-order valence-electron chi connectivity index (χ0n) is 3.85. The van der Waals surface area contributed by atoms with Gasteiger partial charge < -0.3 is 5.73 Å². The summed E-state index contributed by atoms with van der Waals surface area (Å²) < 4.78 is 2.72. The van der Waals surface area contributed by atoms with Gasteiger partial charge in [0.1, 0.15) is 5.40 Å². The van der Waals surface area contributed by atoms with Crippen molar-refractivity contribution in [3.63, 3.8) is 0 Å². The molecule has 0 spiro atoms. The Balaban J connectivity index is 2.60. The molecule has 0 aromatic carbocycles. The molecular formula is C3H7N3S. The molecular weight excluding hydrogens is 110 g/mol. The van der Waals surface area contributed by atoms with Gasteiger partial charge in [0, 0.05) is 25.0 Å². The van der Waals surface area contributed by atoms with E-state index in [1.54, 1.807) is 0 Å². The minimum Gasteiger partial charge on any atom is -0.329 e. The minimum atomic E-state index is 0.578. The number of hydrogen-bond donors (Lipinski definition) is 2. The summed E-state index contributed by atoms with van der Waals surface area (Å²) in [7, 11) is 0. The summed E-state index contributed by atoms with van der Waals surface area (Å²) in [6.07, 6.45) is 0. The molecule has 0 heterocycles. The smallest absolute Gasteiger partial charge is 0.149 e. The lowest BCUT2D eigenvalue weighted by Gasteiger charge is -1.88. The lowest BCUT2D eigenvalue weighted by molar-refractivity contribution is 0.920. The minimum absolute atomic E-state index is 0.578. The molecule has 0 saturated carbocycles. The highest BCUT2D eigenvalue weighted by atomic mass is 32.2. The van der Waals surface area contributed by atoms with Crippen LogP contribution in [0.15, 0.2) is 0 Å². The molecule has 3 nitrogen and oxygen atoms in total. The van der Waals surface area contributed by atoms with E-state index in [2.05, 4.69) is 4.72 Å². The molecule has 0 amide bonds. The maximum absolute atomic E-state index is 7.90. The monoisotopic (exact) mass is 117 g/mol. The zero-order chi connectivity index (χ0) is 5.54. The van der Waals surface area contributed by atoms with E-state index in [-0.39, 0.29) is 0 Å². The number of nitriles is 1. The third-order valence-electron chi connectivity index (χ3n) is 0.364. The standard InChI is InChI=1S/C3H7N3S/c4-1-2-6-7-3-5/h6H,1-2,4H2. The van der Waals surface area contributed by atoms with Crippen molar-refractivity contribution in [2.24, 2.45) is 5.73 Å². The van der Waals surface area contributed by atoms with Crippen molar-refractivity contribution < 1.29 is 0 Å². The average molecular weight is 117 g/mol. The number of nitrogens with two attached hydrogens (primary N) is 1. The van der Waals surface area contributed by atoms with Crippen LogP contribution in [-0.4, -0.2) is 13.1 Å². The fourth-order valence-corrected chi connectivity index (χ4v) is 0.427. The molecule has 0 aliphatic heterocycles. The molecule has 4 heteroatoms. The van der Waals surface area contributed by atoms with Gasteiger partial charge in [-0.2, -0.15) is 5.26 Å².